The van der Waals surface area contributed by atoms with Gasteiger partial charge < -0.3 is 15.2 Å². The van der Waals surface area contributed by atoms with Crippen LogP contribution in [-0.2, 0) is 6.54 Å². The number of hydrogen-bond donors (Lipinski definition) is 2. The molecule has 7 heteroatoms. The third-order valence-corrected chi connectivity index (χ3v) is 3.78. The minimum absolute atomic E-state index is 0.397. The van der Waals surface area contributed by atoms with E-state index in [9.17, 15) is 0 Å². The van der Waals surface area contributed by atoms with E-state index in [4.69, 9.17) is 11.6 Å². The van der Waals surface area contributed by atoms with Gasteiger partial charge in [-0.1, -0.05) is 41.9 Å². The topological polar surface area (TPSA) is 69.7 Å². The molecule has 0 aliphatic carbocycles. The van der Waals surface area contributed by atoms with Gasteiger partial charge in [-0.3, -0.25) is 0 Å². The number of halogens is 1. The van der Waals surface area contributed by atoms with Gasteiger partial charge in [0.05, 0.1) is 18.4 Å². The second kappa shape index (κ2) is 6.66. The molecule has 1 aromatic carbocycles. The number of aromatic nitrogens is 4. The molecule has 2 aromatic heterocycles. The molecule has 2 heterocycles. The predicted molar refractivity (Wildman–Crippen MR) is 92.7 cm³/mol. The minimum atomic E-state index is 0.397. The molecule has 0 bridgehead atoms. The summed E-state index contributed by atoms with van der Waals surface area (Å²) < 4.78 is 0. The van der Waals surface area contributed by atoms with Crippen LogP contribution in [0.15, 0.2) is 42.9 Å². The maximum absolute atomic E-state index is 6.10. The molecule has 0 saturated heterocycles. The van der Waals surface area contributed by atoms with Crippen molar-refractivity contribution < 1.29 is 0 Å². The number of imidazole rings is 1. The summed E-state index contributed by atoms with van der Waals surface area (Å²) in [6.45, 7) is 0.578. The van der Waals surface area contributed by atoms with Gasteiger partial charge in [-0.25, -0.2) is 15.0 Å². The van der Waals surface area contributed by atoms with Crippen molar-refractivity contribution in [3.63, 3.8) is 0 Å². The van der Waals surface area contributed by atoms with Gasteiger partial charge >= 0.3 is 0 Å². The summed E-state index contributed by atoms with van der Waals surface area (Å²) in [6, 6.07) is 10.1. The van der Waals surface area contributed by atoms with Crippen LogP contribution < -0.4 is 10.2 Å². The van der Waals surface area contributed by atoms with Gasteiger partial charge in [-0.15, -0.1) is 0 Å². The maximum Gasteiger partial charge on any atom is 0.157 e. The van der Waals surface area contributed by atoms with E-state index in [1.807, 2.05) is 48.5 Å². The monoisotopic (exact) mass is 328 g/mol. The average Bonchev–Trinajstić information content (AvgIpc) is 3.04. The zero-order valence-corrected chi connectivity index (χ0v) is 13.7. The molecule has 0 aliphatic heterocycles. The van der Waals surface area contributed by atoms with Crippen molar-refractivity contribution in [2.24, 2.45) is 0 Å². The van der Waals surface area contributed by atoms with Gasteiger partial charge in [0.15, 0.2) is 11.0 Å². The summed E-state index contributed by atoms with van der Waals surface area (Å²) in [7, 11) is 3.73. The van der Waals surface area contributed by atoms with Crippen LogP contribution in [0.5, 0.6) is 0 Å². The molecule has 0 spiro atoms. The van der Waals surface area contributed by atoms with Crippen molar-refractivity contribution in [2.45, 2.75) is 6.54 Å². The zero-order valence-electron chi connectivity index (χ0n) is 12.9. The van der Waals surface area contributed by atoms with Crippen molar-refractivity contribution in [3.8, 4) is 11.3 Å². The molecule has 118 valence electrons. The van der Waals surface area contributed by atoms with Crippen LogP contribution in [-0.4, -0.2) is 34.0 Å². The van der Waals surface area contributed by atoms with Crippen molar-refractivity contribution >= 4 is 23.1 Å². The van der Waals surface area contributed by atoms with Crippen LogP contribution in [0.25, 0.3) is 11.3 Å². The number of nitrogens with zero attached hydrogens (tertiary/aromatic N) is 4. The van der Waals surface area contributed by atoms with Gasteiger partial charge in [0.1, 0.15) is 17.8 Å². The Kier molecular flexibility index (Phi) is 4.43. The molecule has 23 heavy (non-hydrogen) atoms. The van der Waals surface area contributed by atoms with E-state index in [0.717, 1.165) is 22.9 Å². The third kappa shape index (κ3) is 3.27. The quantitative estimate of drug-likeness (QED) is 0.704. The molecule has 6 nitrogen and oxygen atoms in total. The number of rotatable bonds is 5. The fourth-order valence-corrected chi connectivity index (χ4v) is 2.59. The number of aromatic amines is 1. The number of nitrogens with one attached hydrogen (secondary N) is 2. The Hall–Kier alpha value is -2.60. The molecule has 0 aliphatic rings. The first-order valence-corrected chi connectivity index (χ1v) is 7.55. The van der Waals surface area contributed by atoms with E-state index in [1.54, 1.807) is 7.05 Å². The number of hydrogen-bond acceptors (Lipinski definition) is 5. The zero-order chi connectivity index (χ0) is 16.2. The van der Waals surface area contributed by atoms with Gasteiger partial charge in [-0.05, 0) is 5.56 Å². The average molecular weight is 329 g/mol. The Labute approximate surface area is 139 Å². The smallest absolute Gasteiger partial charge is 0.157 e. The minimum Gasteiger partial charge on any atom is -0.383 e. The van der Waals surface area contributed by atoms with E-state index in [-0.39, 0.29) is 0 Å². The molecule has 0 unspecified atom stereocenters. The Bertz CT molecular complexity index is 786. The van der Waals surface area contributed by atoms with Crippen molar-refractivity contribution in [2.75, 3.05) is 24.3 Å². The van der Waals surface area contributed by atoms with E-state index in [0.29, 0.717) is 17.4 Å². The van der Waals surface area contributed by atoms with Crippen LogP contribution in [0.4, 0.5) is 11.5 Å². The SMILES string of the molecule is CNc1c(Cl)ncnc1N(C)Cc1ncc(-c2ccccc2)[nH]1. The van der Waals surface area contributed by atoms with E-state index in [2.05, 4.69) is 25.3 Å². The molecule has 0 amide bonds. The standard InChI is InChI=1S/C16H17ClN6/c1-18-14-15(17)20-10-21-16(14)23(2)9-13-19-8-12(22-13)11-6-4-3-5-7-11/h3-8,10,18H,9H2,1-2H3,(H,19,22). The molecule has 3 rings (SSSR count). The van der Waals surface area contributed by atoms with Crippen molar-refractivity contribution in [1.82, 2.24) is 19.9 Å². The lowest BCUT2D eigenvalue weighted by Gasteiger charge is -2.20. The summed E-state index contributed by atoms with van der Waals surface area (Å²) in [5.74, 6) is 1.58. The Morgan fingerprint density at radius 3 is 2.70 bits per heavy atom. The first-order chi connectivity index (χ1) is 11.2. The van der Waals surface area contributed by atoms with Crippen LogP contribution >= 0.6 is 11.6 Å². The fourth-order valence-electron chi connectivity index (χ4n) is 2.37. The fraction of sp³-hybridized carbons (Fsp3) is 0.188. The molecule has 0 fully saturated rings. The van der Waals surface area contributed by atoms with E-state index >= 15 is 0 Å². The van der Waals surface area contributed by atoms with Gasteiger partial charge in [0, 0.05) is 14.1 Å². The Balaban J connectivity index is 1.80. The van der Waals surface area contributed by atoms with Crippen LogP contribution in [0.1, 0.15) is 5.82 Å². The lowest BCUT2D eigenvalue weighted by atomic mass is 10.2. The number of anilines is 2. The molecule has 0 saturated carbocycles. The van der Waals surface area contributed by atoms with Crippen LogP contribution in [0.3, 0.4) is 0 Å². The van der Waals surface area contributed by atoms with Crippen LogP contribution in [0.2, 0.25) is 5.15 Å². The highest BCUT2D eigenvalue weighted by molar-refractivity contribution is 6.32. The first-order valence-electron chi connectivity index (χ1n) is 7.17. The molecule has 0 atom stereocenters. The largest absolute Gasteiger partial charge is 0.383 e. The lowest BCUT2D eigenvalue weighted by Crippen LogP contribution is -2.20. The molecule has 0 radical (unpaired) electrons. The van der Waals surface area contributed by atoms with E-state index < -0.39 is 0 Å². The summed E-state index contributed by atoms with van der Waals surface area (Å²) in [6.07, 6.45) is 3.29. The van der Waals surface area contributed by atoms with Crippen molar-refractivity contribution in [3.05, 3.63) is 53.8 Å². The second-order valence-electron chi connectivity index (χ2n) is 5.08. The highest BCUT2D eigenvalue weighted by Crippen LogP contribution is 2.28. The lowest BCUT2D eigenvalue weighted by molar-refractivity contribution is 0.841. The third-order valence-electron chi connectivity index (χ3n) is 3.49. The molecular weight excluding hydrogens is 312 g/mol. The Morgan fingerprint density at radius 1 is 1.17 bits per heavy atom. The van der Waals surface area contributed by atoms with E-state index in [1.165, 1.54) is 6.33 Å². The highest BCUT2D eigenvalue weighted by Gasteiger charge is 2.14. The number of H-pyrrole nitrogens is 1. The summed E-state index contributed by atoms with van der Waals surface area (Å²) in [4.78, 5) is 18.0. The normalized spacial score (nSPS) is 10.6. The number of benzene rings is 1. The Morgan fingerprint density at radius 2 is 1.96 bits per heavy atom. The second-order valence-corrected chi connectivity index (χ2v) is 5.44. The van der Waals surface area contributed by atoms with Crippen LogP contribution in [0, 0.1) is 0 Å². The molecular formula is C16H17ClN6. The summed E-state index contributed by atoms with van der Waals surface area (Å²) >= 11 is 6.10. The summed E-state index contributed by atoms with van der Waals surface area (Å²) in [5.41, 5.74) is 2.80. The first kappa shape index (κ1) is 15.3. The summed E-state index contributed by atoms with van der Waals surface area (Å²) in [5, 5.41) is 3.43. The highest BCUT2D eigenvalue weighted by atomic mass is 35.5. The maximum atomic E-state index is 6.10. The van der Waals surface area contributed by atoms with Gasteiger partial charge in [0.2, 0.25) is 0 Å². The molecule has 2 N–H and O–H groups in total. The van der Waals surface area contributed by atoms with Gasteiger partial charge in [-0.2, -0.15) is 0 Å². The molecule has 3 aromatic rings. The predicted octanol–water partition coefficient (Wildman–Crippen LogP) is 3.20. The van der Waals surface area contributed by atoms with Gasteiger partial charge in [0.25, 0.3) is 0 Å². The van der Waals surface area contributed by atoms with Crippen molar-refractivity contribution in [1.29, 1.82) is 0 Å².